The van der Waals surface area contributed by atoms with Crippen LogP contribution in [0.25, 0.3) is 0 Å². The summed E-state index contributed by atoms with van der Waals surface area (Å²) in [4.78, 5) is 0. The van der Waals surface area contributed by atoms with Crippen molar-refractivity contribution in [1.29, 1.82) is 5.26 Å². The first kappa shape index (κ1) is 17.2. The number of hydrazine groups is 1. The maximum Gasteiger partial charge on any atom is 0.171 e. The Bertz CT molecular complexity index is 762. The van der Waals surface area contributed by atoms with Gasteiger partial charge >= 0.3 is 0 Å². The van der Waals surface area contributed by atoms with Crippen molar-refractivity contribution in [3.8, 4) is 17.6 Å². The molecule has 8 heteroatoms. The number of halogens is 2. The molecule has 2 aromatic carbocycles. The van der Waals surface area contributed by atoms with Gasteiger partial charge in [-0.3, -0.25) is 0 Å². The van der Waals surface area contributed by atoms with Crippen molar-refractivity contribution in [1.82, 2.24) is 0 Å². The van der Waals surface area contributed by atoms with Gasteiger partial charge in [0.2, 0.25) is 0 Å². The lowest BCUT2D eigenvalue weighted by atomic mass is 10.2. The summed E-state index contributed by atoms with van der Waals surface area (Å²) in [5, 5.41) is 19.9. The summed E-state index contributed by atoms with van der Waals surface area (Å²) in [7, 11) is 0. The molecule has 2 rings (SSSR count). The van der Waals surface area contributed by atoms with Crippen LogP contribution >= 0.6 is 23.2 Å². The predicted octanol–water partition coefficient (Wildman–Crippen LogP) is 2.91. The van der Waals surface area contributed by atoms with E-state index in [-0.39, 0.29) is 29.6 Å². The van der Waals surface area contributed by atoms with E-state index < -0.39 is 0 Å². The first-order chi connectivity index (χ1) is 11.0. The Kier molecular flexibility index (Phi) is 5.53. The van der Waals surface area contributed by atoms with Gasteiger partial charge in [0, 0.05) is 5.02 Å². The number of rotatable bonds is 5. The Labute approximate surface area is 143 Å². The fourth-order valence-corrected chi connectivity index (χ4v) is 2.38. The number of nitrogen functional groups attached to an aromatic ring is 1. The van der Waals surface area contributed by atoms with Gasteiger partial charge in [-0.15, -0.1) is 0 Å². The molecule has 0 bridgehead atoms. The van der Waals surface area contributed by atoms with Crippen molar-refractivity contribution in [2.45, 2.75) is 0 Å². The Morgan fingerprint density at radius 2 is 2.00 bits per heavy atom. The summed E-state index contributed by atoms with van der Waals surface area (Å²) >= 11 is 12.1. The van der Waals surface area contributed by atoms with Gasteiger partial charge < -0.3 is 20.6 Å². The van der Waals surface area contributed by atoms with E-state index in [2.05, 4.69) is 0 Å². The minimum absolute atomic E-state index is 0.130. The fraction of sp³-hybridized carbons (Fsp3) is 0.133. The number of nitrogens with two attached hydrogens (primary N) is 2. The highest BCUT2D eigenvalue weighted by Crippen LogP contribution is 2.40. The van der Waals surface area contributed by atoms with Gasteiger partial charge in [0.1, 0.15) is 11.4 Å². The molecule has 0 amide bonds. The molecule has 0 saturated heterocycles. The number of benzene rings is 2. The molecule has 0 aromatic heterocycles. The van der Waals surface area contributed by atoms with E-state index >= 15 is 0 Å². The largest absolute Gasteiger partial charge is 0.453 e. The lowest BCUT2D eigenvalue weighted by molar-refractivity contribution is 0.302. The third-order valence-corrected chi connectivity index (χ3v) is 3.51. The average molecular weight is 353 g/mol. The van der Waals surface area contributed by atoms with Crippen LogP contribution in [0.3, 0.4) is 0 Å². The van der Waals surface area contributed by atoms with E-state index in [1.165, 1.54) is 17.1 Å². The molecule has 0 saturated carbocycles. The van der Waals surface area contributed by atoms with Crippen LogP contribution in [0.5, 0.6) is 11.5 Å². The summed E-state index contributed by atoms with van der Waals surface area (Å²) in [6, 6.07) is 9.76. The smallest absolute Gasteiger partial charge is 0.171 e. The molecule has 0 aliphatic rings. The minimum atomic E-state index is -0.130. The third-order valence-electron chi connectivity index (χ3n) is 3.00. The van der Waals surface area contributed by atoms with Crippen molar-refractivity contribution < 1.29 is 9.84 Å². The predicted molar refractivity (Wildman–Crippen MR) is 90.7 cm³/mol. The SMILES string of the molecule is N#Cc1cc(Cl)cc(Oc2c(Cl)ccc(N(N)CCO)c2N)c1. The molecule has 23 heavy (non-hydrogen) atoms. The van der Waals surface area contributed by atoms with Crippen molar-refractivity contribution in [2.75, 3.05) is 23.9 Å². The monoisotopic (exact) mass is 352 g/mol. The number of aliphatic hydroxyl groups is 1. The zero-order valence-corrected chi connectivity index (χ0v) is 13.5. The van der Waals surface area contributed by atoms with Gasteiger partial charge in [-0.05, 0) is 30.3 Å². The van der Waals surface area contributed by atoms with Gasteiger partial charge in [0.25, 0.3) is 0 Å². The standard InChI is InChI=1S/C15H14Cl2N4O2/c16-10-5-9(8-18)6-11(7-10)23-15-12(17)1-2-13(14(15)19)21(20)3-4-22/h1-2,5-7,22H,3-4,19-20H2. The summed E-state index contributed by atoms with van der Waals surface area (Å²) in [6.45, 7) is 0.0651. The highest BCUT2D eigenvalue weighted by molar-refractivity contribution is 6.33. The van der Waals surface area contributed by atoms with Crippen molar-refractivity contribution >= 4 is 34.6 Å². The molecule has 0 aliphatic heterocycles. The second-order valence-electron chi connectivity index (χ2n) is 4.62. The molecule has 0 spiro atoms. The van der Waals surface area contributed by atoms with E-state index in [9.17, 15) is 0 Å². The van der Waals surface area contributed by atoms with E-state index in [0.717, 1.165) is 0 Å². The van der Waals surface area contributed by atoms with Crippen LogP contribution in [-0.2, 0) is 0 Å². The maximum atomic E-state index is 8.98. The van der Waals surface area contributed by atoms with Gasteiger partial charge in [-0.25, -0.2) is 5.84 Å². The van der Waals surface area contributed by atoms with Gasteiger partial charge in [-0.1, -0.05) is 23.2 Å². The molecule has 0 unspecified atom stereocenters. The first-order valence-electron chi connectivity index (χ1n) is 6.56. The molecule has 0 heterocycles. The zero-order chi connectivity index (χ0) is 17.0. The Hall–Kier alpha value is -2.17. The van der Waals surface area contributed by atoms with Gasteiger partial charge in [0.05, 0.1) is 35.5 Å². The van der Waals surface area contributed by atoms with E-state index in [0.29, 0.717) is 22.0 Å². The molecule has 5 N–H and O–H groups in total. The Morgan fingerprint density at radius 3 is 2.65 bits per heavy atom. The van der Waals surface area contributed by atoms with Crippen molar-refractivity contribution in [3.05, 3.63) is 45.9 Å². The van der Waals surface area contributed by atoms with E-state index in [1.807, 2.05) is 6.07 Å². The Morgan fingerprint density at radius 1 is 1.26 bits per heavy atom. The lowest BCUT2D eigenvalue weighted by Gasteiger charge is -2.21. The topological polar surface area (TPSA) is 109 Å². The summed E-state index contributed by atoms with van der Waals surface area (Å²) < 4.78 is 5.69. The summed E-state index contributed by atoms with van der Waals surface area (Å²) in [5.74, 6) is 6.34. The number of hydrogen-bond acceptors (Lipinski definition) is 6. The molecule has 0 fully saturated rings. The molecule has 6 nitrogen and oxygen atoms in total. The second-order valence-corrected chi connectivity index (χ2v) is 5.46. The quantitative estimate of drug-likeness (QED) is 0.433. The van der Waals surface area contributed by atoms with E-state index in [4.69, 9.17) is 49.9 Å². The number of nitriles is 1. The van der Waals surface area contributed by atoms with Crippen LogP contribution in [0, 0.1) is 11.3 Å². The first-order valence-corrected chi connectivity index (χ1v) is 7.31. The molecule has 0 atom stereocenters. The lowest BCUT2D eigenvalue weighted by Crippen LogP contribution is -2.34. The summed E-state index contributed by atoms with van der Waals surface area (Å²) in [6.07, 6.45) is 0. The Balaban J connectivity index is 2.42. The van der Waals surface area contributed by atoms with E-state index in [1.54, 1.807) is 18.2 Å². The minimum Gasteiger partial charge on any atom is -0.453 e. The van der Waals surface area contributed by atoms with Crippen molar-refractivity contribution in [3.63, 3.8) is 0 Å². The summed E-state index contributed by atoms with van der Waals surface area (Å²) in [5.41, 5.74) is 7.08. The number of aliphatic hydroxyl groups excluding tert-OH is 1. The molecular weight excluding hydrogens is 339 g/mol. The molecule has 0 aliphatic carbocycles. The second kappa shape index (κ2) is 7.40. The number of nitrogens with zero attached hydrogens (tertiary/aromatic N) is 2. The molecule has 2 aromatic rings. The molecule has 120 valence electrons. The highest BCUT2D eigenvalue weighted by Gasteiger charge is 2.15. The zero-order valence-electron chi connectivity index (χ0n) is 12.0. The number of hydrogen-bond donors (Lipinski definition) is 3. The van der Waals surface area contributed by atoms with Crippen LogP contribution in [0.15, 0.2) is 30.3 Å². The molecule has 0 radical (unpaired) electrons. The van der Waals surface area contributed by atoms with Crippen molar-refractivity contribution in [2.24, 2.45) is 5.84 Å². The number of ether oxygens (including phenoxy) is 1. The fourth-order valence-electron chi connectivity index (χ4n) is 1.95. The maximum absolute atomic E-state index is 8.98. The average Bonchev–Trinajstić information content (AvgIpc) is 2.51. The van der Waals surface area contributed by atoms with Gasteiger partial charge in [-0.2, -0.15) is 5.26 Å². The van der Waals surface area contributed by atoms with Crippen LogP contribution < -0.4 is 21.3 Å². The molecular formula is C15H14Cl2N4O2. The third kappa shape index (κ3) is 3.97. The van der Waals surface area contributed by atoms with Crippen LogP contribution in [-0.4, -0.2) is 18.3 Å². The van der Waals surface area contributed by atoms with Crippen LogP contribution in [0.2, 0.25) is 10.0 Å². The van der Waals surface area contributed by atoms with Crippen LogP contribution in [0.1, 0.15) is 5.56 Å². The number of anilines is 2. The van der Waals surface area contributed by atoms with Crippen LogP contribution in [0.4, 0.5) is 11.4 Å². The highest BCUT2D eigenvalue weighted by atomic mass is 35.5. The van der Waals surface area contributed by atoms with Gasteiger partial charge in [0.15, 0.2) is 5.75 Å². The normalized spacial score (nSPS) is 10.2.